The Balaban J connectivity index is 1.52. The van der Waals surface area contributed by atoms with Gasteiger partial charge in [0.1, 0.15) is 5.75 Å². The van der Waals surface area contributed by atoms with Gasteiger partial charge in [-0.1, -0.05) is 11.2 Å². The third kappa shape index (κ3) is 4.22. The van der Waals surface area contributed by atoms with Gasteiger partial charge in [-0.15, -0.1) is 11.3 Å². The Kier molecular flexibility index (Phi) is 5.06. The summed E-state index contributed by atoms with van der Waals surface area (Å²) in [6, 6.07) is 12.2. The summed E-state index contributed by atoms with van der Waals surface area (Å²) in [6.45, 7) is 1.45. The van der Waals surface area contributed by atoms with Gasteiger partial charge in [-0.05, 0) is 42.6 Å². The average molecular weight is 355 g/mol. The summed E-state index contributed by atoms with van der Waals surface area (Å²) in [6.07, 6.45) is -0.812. The highest BCUT2D eigenvalue weighted by molar-refractivity contribution is 7.13. The van der Waals surface area contributed by atoms with E-state index in [-0.39, 0.29) is 12.5 Å². The number of esters is 1. The smallest absolute Gasteiger partial charge is 0.347 e. The first-order valence-electron chi connectivity index (χ1n) is 7.35. The van der Waals surface area contributed by atoms with E-state index in [4.69, 9.17) is 19.3 Å². The van der Waals surface area contributed by atoms with Crippen LogP contribution in [0.15, 0.2) is 46.3 Å². The van der Waals surface area contributed by atoms with E-state index in [0.29, 0.717) is 17.1 Å². The maximum atomic E-state index is 12.0. The number of ether oxygens (including phenoxy) is 2. The number of nitrogens with zero attached hydrogens (tertiary/aromatic N) is 3. The number of hydrogen-bond acceptors (Lipinski definition) is 8. The zero-order valence-corrected chi connectivity index (χ0v) is 14.0. The van der Waals surface area contributed by atoms with Gasteiger partial charge in [0.2, 0.25) is 5.82 Å². The number of aromatic nitrogens is 2. The van der Waals surface area contributed by atoms with Gasteiger partial charge in [-0.3, -0.25) is 0 Å². The first-order valence-corrected chi connectivity index (χ1v) is 8.23. The van der Waals surface area contributed by atoms with E-state index in [0.717, 1.165) is 4.88 Å². The van der Waals surface area contributed by atoms with Crippen LogP contribution in [0.25, 0.3) is 10.7 Å². The topological polar surface area (TPSA) is 98.2 Å². The molecule has 0 saturated carbocycles. The van der Waals surface area contributed by atoms with Gasteiger partial charge in [0.25, 0.3) is 5.89 Å². The normalized spacial score (nSPS) is 11.5. The zero-order chi connectivity index (χ0) is 17.6. The van der Waals surface area contributed by atoms with Gasteiger partial charge in [-0.25, -0.2) is 4.79 Å². The lowest BCUT2D eigenvalue weighted by Gasteiger charge is -2.13. The van der Waals surface area contributed by atoms with E-state index in [9.17, 15) is 4.79 Å². The number of carbonyl (C=O) groups excluding carboxylic acids is 1. The van der Waals surface area contributed by atoms with E-state index in [1.54, 1.807) is 31.2 Å². The van der Waals surface area contributed by atoms with Crippen molar-refractivity contribution in [2.75, 3.05) is 0 Å². The van der Waals surface area contributed by atoms with Gasteiger partial charge in [0.05, 0.1) is 16.5 Å². The first-order chi connectivity index (χ1) is 12.2. The summed E-state index contributed by atoms with van der Waals surface area (Å²) in [4.78, 5) is 17.0. The van der Waals surface area contributed by atoms with Crippen LogP contribution in [-0.4, -0.2) is 22.2 Å². The fraction of sp³-hybridized carbons (Fsp3) is 0.176. The van der Waals surface area contributed by atoms with Gasteiger partial charge >= 0.3 is 5.97 Å². The quantitative estimate of drug-likeness (QED) is 0.626. The Hall–Kier alpha value is -3.18. The second kappa shape index (κ2) is 7.59. The second-order valence-corrected chi connectivity index (χ2v) is 5.94. The minimum absolute atomic E-state index is 0.127. The molecule has 8 heteroatoms. The van der Waals surface area contributed by atoms with Crippen LogP contribution in [0.5, 0.6) is 5.75 Å². The molecule has 2 heterocycles. The molecular weight excluding hydrogens is 342 g/mol. The average Bonchev–Trinajstić information content (AvgIpc) is 3.31. The molecule has 0 radical (unpaired) electrons. The van der Waals surface area contributed by atoms with E-state index in [1.165, 1.54) is 11.3 Å². The van der Waals surface area contributed by atoms with Crippen LogP contribution in [0.4, 0.5) is 0 Å². The maximum Gasteiger partial charge on any atom is 0.347 e. The molecule has 0 spiro atoms. The van der Waals surface area contributed by atoms with Crippen LogP contribution in [0, 0.1) is 11.3 Å². The molecule has 0 aliphatic rings. The van der Waals surface area contributed by atoms with Crippen molar-refractivity contribution in [1.29, 1.82) is 5.26 Å². The van der Waals surface area contributed by atoms with Crippen molar-refractivity contribution >= 4 is 17.3 Å². The number of rotatable bonds is 6. The molecule has 0 fully saturated rings. The van der Waals surface area contributed by atoms with Crippen LogP contribution in [0.2, 0.25) is 0 Å². The molecule has 7 nitrogen and oxygen atoms in total. The fourth-order valence-corrected chi connectivity index (χ4v) is 2.58. The third-order valence-corrected chi connectivity index (χ3v) is 4.04. The number of benzene rings is 1. The van der Waals surface area contributed by atoms with E-state index < -0.39 is 12.1 Å². The van der Waals surface area contributed by atoms with Crippen LogP contribution < -0.4 is 4.74 Å². The van der Waals surface area contributed by atoms with Crippen molar-refractivity contribution in [3.63, 3.8) is 0 Å². The predicted molar refractivity (Wildman–Crippen MR) is 88.7 cm³/mol. The van der Waals surface area contributed by atoms with Crippen molar-refractivity contribution in [3.05, 3.63) is 53.2 Å². The summed E-state index contributed by atoms with van der Waals surface area (Å²) in [5.41, 5.74) is 0.514. The van der Waals surface area contributed by atoms with E-state index in [2.05, 4.69) is 10.1 Å². The molecule has 0 aliphatic carbocycles. The lowest BCUT2D eigenvalue weighted by Crippen LogP contribution is -2.26. The Labute approximate surface area is 147 Å². The van der Waals surface area contributed by atoms with Gasteiger partial charge in [0, 0.05) is 0 Å². The molecule has 0 unspecified atom stereocenters. The molecule has 0 aliphatic heterocycles. The highest BCUT2D eigenvalue weighted by Gasteiger charge is 2.18. The highest BCUT2D eigenvalue weighted by atomic mass is 32.1. The molecule has 0 N–H and O–H groups in total. The molecule has 2 aromatic heterocycles. The minimum Gasteiger partial charge on any atom is -0.479 e. The van der Waals surface area contributed by atoms with Crippen molar-refractivity contribution in [1.82, 2.24) is 10.1 Å². The van der Waals surface area contributed by atoms with Gasteiger partial charge < -0.3 is 14.0 Å². The lowest BCUT2D eigenvalue weighted by atomic mass is 10.2. The summed E-state index contributed by atoms with van der Waals surface area (Å²) in [5, 5.41) is 14.5. The van der Waals surface area contributed by atoms with Crippen LogP contribution >= 0.6 is 11.3 Å². The molecule has 3 aromatic rings. The molecule has 126 valence electrons. The SMILES string of the molecule is C[C@@H](Oc1ccc(C#N)cc1)C(=O)OCc1nc(-c2cccs2)no1. The minimum atomic E-state index is -0.812. The molecular formula is C17H13N3O4S. The fourth-order valence-electron chi connectivity index (χ4n) is 1.93. The highest BCUT2D eigenvalue weighted by Crippen LogP contribution is 2.21. The molecule has 25 heavy (non-hydrogen) atoms. The largest absolute Gasteiger partial charge is 0.479 e. The monoisotopic (exact) mass is 355 g/mol. The molecule has 1 aromatic carbocycles. The molecule has 1 atom stereocenters. The van der Waals surface area contributed by atoms with Crippen LogP contribution in [-0.2, 0) is 16.1 Å². The Morgan fingerprint density at radius 2 is 2.16 bits per heavy atom. The first kappa shape index (κ1) is 16.7. The number of nitriles is 1. The molecule has 0 bridgehead atoms. The van der Waals surface area contributed by atoms with Gasteiger partial charge in [0.15, 0.2) is 12.7 Å². The lowest BCUT2D eigenvalue weighted by molar-refractivity contribution is -0.153. The van der Waals surface area contributed by atoms with Crippen molar-refractivity contribution in [2.24, 2.45) is 0 Å². The number of thiophene rings is 1. The molecule has 0 amide bonds. The molecule has 0 saturated heterocycles. The van der Waals surface area contributed by atoms with Crippen molar-refractivity contribution in [2.45, 2.75) is 19.6 Å². The zero-order valence-electron chi connectivity index (χ0n) is 13.2. The van der Waals surface area contributed by atoms with Crippen LogP contribution in [0.3, 0.4) is 0 Å². The Morgan fingerprint density at radius 3 is 2.84 bits per heavy atom. The number of hydrogen-bond donors (Lipinski definition) is 0. The summed E-state index contributed by atoms with van der Waals surface area (Å²) in [7, 11) is 0. The third-order valence-electron chi connectivity index (χ3n) is 3.18. The van der Waals surface area contributed by atoms with Gasteiger partial charge in [-0.2, -0.15) is 10.2 Å². The summed E-state index contributed by atoms with van der Waals surface area (Å²) in [5.74, 6) is 0.590. The summed E-state index contributed by atoms with van der Waals surface area (Å²) < 4.78 is 15.7. The van der Waals surface area contributed by atoms with Crippen molar-refractivity contribution in [3.8, 4) is 22.5 Å². The van der Waals surface area contributed by atoms with Crippen molar-refractivity contribution < 1.29 is 18.8 Å². The van der Waals surface area contributed by atoms with E-state index in [1.807, 2.05) is 23.6 Å². The Bertz CT molecular complexity index is 882. The second-order valence-electron chi connectivity index (χ2n) is 4.99. The maximum absolute atomic E-state index is 12.0. The predicted octanol–water partition coefficient (Wildman–Crippen LogP) is 3.18. The standard InChI is InChI=1S/C17H13N3O4S/c1-11(23-13-6-4-12(9-18)5-7-13)17(21)22-10-15-19-16(20-24-15)14-3-2-8-25-14/h2-8,11H,10H2,1H3/t11-/m1/s1. The Morgan fingerprint density at radius 1 is 1.36 bits per heavy atom. The number of carbonyl (C=O) groups is 1. The van der Waals surface area contributed by atoms with Crippen LogP contribution in [0.1, 0.15) is 18.4 Å². The summed E-state index contributed by atoms with van der Waals surface area (Å²) >= 11 is 1.49. The van der Waals surface area contributed by atoms with E-state index >= 15 is 0 Å². The molecule has 3 rings (SSSR count).